The Kier molecular flexibility index (Phi) is 4.74. The molecule has 0 aromatic rings. The monoisotopic (exact) mass is 228 g/mol. The van der Waals surface area contributed by atoms with Gasteiger partial charge < -0.3 is 16.2 Å². The zero-order valence-corrected chi connectivity index (χ0v) is 10.3. The van der Waals surface area contributed by atoms with Crippen LogP contribution in [0.4, 0.5) is 0 Å². The molecule has 0 saturated heterocycles. The predicted octanol–water partition coefficient (Wildman–Crippen LogP) is 0.781. The van der Waals surface area contributed by atoms with Gasteiger partial charge in [-0.3, -0.25) is 4.79 Å². The second-order valence-electron chi connectivity index (χ2n) is 5.25. The second kappa shape index (κ2) is 5.64. The Hall–Kier alpha value is -0.610. The topological polar surface area (TPSA) is 75.3 Å². The normalized spacial score (nSPS) is 32.1. The number of rotatable bonds is 4. The molecule has 0 bridgehead atoms. The molecule has 1 fully saturated rings. The van der Waals surface area contributed by atoms with Crippen LogP contribution in [0.25, 0.3) is 0 Å². The lowest BCUT2D eigenvalue weighted by atomic mass is 9.76. The van der Waals surface area contributed by atoms with E-state index in [1.165, 1.54) is 6.42 Å². The molecule has 4 heteroatoms. The van der Waals surface area contributed by atoms with Gasteiger partial charge in [0, 0.05) is 6.54 Å². The maximum Gasteiger partial charge on any atom is 0.240 e. The summed E-state index contributed by atoms with van der Waals surface area (Å²) in [6, 6.07) is 0. The van der Waals surface area contributed by atoms with E-state index in [-0.39, 0.29) is 12.0 Å². The van der Waals surface area contributed by atoms with Gasteiger partial charge in [-0.05, 0) is 32.1 Å². The maximum absolute atomic E-state index is 11.9. The van der Waals surface area contributed by atoms with E-state index in [4.69, 9.17) is 10.8 Å². The van der Waals surface area contributed by atoms with Crippen LogP contribution in [0, 0.1) is 5.92 Å². The third-order valence-electron chi connectivity index (χ3n) is 3.33. The fourth-order valence-electron chi connectivity index (χ4n) is 2.37. The van der Waals surface area contributed by atoms with Crippen LogP contribution in [-0.2, 0) is 4.79 Å². The van der Waals surface area contributed by atoms with E-state index in [2.05, 4.69) is 12.2 Å². The van der Waals surface area contributed by atoms with Crippen molar-refractivity contribution in [1.29, 1.82) is 0 Å². The molecule has 3 unspecified atom stereocenters. The number of hydrogen-bond donors (Lipinski definition) is 3. The molecule has 1 saturated carbocycles. The highest BCUT2D eigenvalue weighted by molar-refractivity contribution is 5.86. The number of carbonyl (C=O) groups is 1. The van der Waals surface area contributed by atoms with Gasteiger partial charge in [-0.1, -0.05) is 19.8 Å². The molecule has 1 aliphatic carbocycles. The smallest absolute Gasteiger partial charge is 0.240 e. The van der Waals surface area contributed by atoms with E-state index >= 15 is 0 Å². The van der Waals surface area contributed by atoms with Crippen LogP contribution in [0.2, 0.25) is 0 Å². The quantitative estimate of drug-likeness (QED) is 0.665. The van der Waals surface area contributed by atoms with Crippen LogP contribution >= 0.6 is 0 Å². The molecule has 0 heterocycles. The summed E-state index contributed by atoms with van der Waals surface area (Å²) in [5.74, 6) is 0.473. The lowest BCUT2D eigenvalue weighted by Crippen LogP contribution is -2.56. The van der Waals surface area contributed by atoms with Gasteiger partial charge in [0.15, 0.2) is 0 Å². The molecule has 4 nitrogen and oxygen atoms in total. The van der Waals surface area contributed by atoms with Gasteiger partial charge in [0.05, 0.1) is 11.6 Å². The molecule has 3 atom stereocenters. The number of amides is 1. The highest BCUT2D eigenvalue weighted by atomic mass is 16.3. The van der Waals surface area contributed by atoms with Gasteiger partial charge in [-0.25, -0.2) is 0 Å². The van der Waals surface area contributed by atoms with Gasteiger partial charge in [0.2, 0.25) is 5.91 Å². The van der Waals surface area contributed by atoms with Crippen LogP contribution in [0.5, 0.6) is 0 Å². The van der Waals surface area contributed by atoms with Crippen molar-refractivity contribution in [2.24, 2.45) is 11.7 Å². The first-order chi connectivity index (χ1) is 7.44. The van der Waals surface area contributed by atoms with Gasteiger partial charge >= 0.3 is 0 Å². The average molecular weight is 228 g/mol. The summed E-state index contributed by atoms with van der Waals surface area (Å²) in [5, 5.41) is 11.9. The van der Waals surface area contributed by atoms with E-state index in [0.29, 0.717) is 18.9 Å². The van der Waals surface area contributed by atoms with E-state index in [0.717, 1.165) is 19.3 Å². The lowest BCUT2D eigenvalue weighted by Gasteiger charge is -2.35. The van der Waals surface area contributed by atoms with Crippen molar-refractivity contribution in [1.82, 2.24) is 5.32 Å². The number of nitrogens with two attached hydrogens (primary N) is 1. The highest BCUT2D eigenvalue weighted by Crippen LogP contribution is 2.30. The third-order valence-corrected chi connectivity index (χ3v) is 3.33. The molecule has 0 spiro atoms. The van der Waals surface area contributed by atoms with Gasteiger partial charge in [0.25, 0.3) is 0 Å². The Morgan fingerprint density at radius 3 is 2.94 bits per heavy atom. The number of hydrogen-bond acceptors (Lipinski definition) is 3. The molecule has 1 amide bonds. The summed E-state index contributed by atoms with van der Waals surface area (Å²) in [4.78, 5) is 11.9. The molecular weight excluding hydrogens is 204 g/mol. The molecule has 4 N–H and O–H groups in total. The Bertz CT molecular complexity index is 243. The van der Waals surface area contributed by atoms with Crippen LogP contribution < -0.4 is 11.1 Å². The Balaban J connectivity index is 2.39. The zero-order chi connectivity index (χ0) is 12.2. The predicted molar refractivity (Wildman–Crippen MR) is 63.9 cm³/mol. The Morgan fingerprint density at radius 1 is 1.69 bits per heavy atom. The maximum atomic E-state index is 11.9. The zero-order valence-electron chi connectivity index (χ0n) is 10.3. The summed E-state index contributed by atoms with van der Waals surface area (Å²) < 4.78 is 0. The van der Waals surface area contributed by atoms with E-state index in [1.54, 1.807) is 6.92 Å². The van der Waals surface area contributed by atoms with Crippen molar-refractivity contribution in [2.45, 2.75) is 57.6 Å². The van der Waals surface area contributed by atoms with Crippen LogP contribution in [0.15, 0.2) is 0 Å². The molecule has 94 valence electrons. The molecule has 0 radical (unpaired) electrons. The summed E-state index contributed by atoms with van der Waals surface area (Å²) in [7, 11) is 0. The van der Waals surface area contributed by atoms with Gasteiger partial charge in [-0.15, -0.1) is 0 Å². The summed E-state index contributed by atoms with van der Waals surface area (Å²) in [5.41, 5.74) is 5.45. The van der Waals surface area contributed by atoms with E-state index in [1.807, 2.05) is 0 Å². The van der Waals surface area contributed by atoms with Crippen molar-refractivity contribution >= 4 is 5.91 Å². The number of aliphatic hydroxyl groups is 1. The fourth-order valence-corrected chi connectivity index (χ4v) is 2.37. The van der Waals surface area contributed by atoms with Crippen molar-refractivity contribution in [2.75, 3.05) is 6.54 Å². The van der Waals surface area contributed by atoms with Crippen molar-refractivity contribution < 1.29 is 9.90 Å². The first kappa shape index (κ1) is 13.5. The number of aliphatic hydroxyl groups excluding tert-OH is 1. The number of carbonyl (C=O) groups excluding carboxylic acids is 1. The molecule has 16 heavy (non-hydrogen) atoms. The van der Waals surface area contributed by atoms with E-state index < -0.39 is 5.54 Å². The minimum atomic E-state index is -0.684. The SMILES string of the molecule is CC(O)CCNC(=O)C1(N)CCCC(C)C1. The lowest BCUT2D eigenvalue weighted by molar-refractivity contribution is -0.128. The summed E-state index contributed by atoms with van der Waals surface area (Å²) in [6.45, 7) is 4.36. The van der Waals surface area contributed by atoms with Crippen molar-refractivity contribution in [3.8, 4) is 0 Å². The standard InChI is InChI=1S/C12H24N2O2/c1-9-4-3-6-12(13,8-9)11(16)14-7-5-10(2)15/h9-10,15H,3-8,13H2,1-2H3,(H,14,16). The average Bonchev–Trinajstić information content (AvgIpc) is 2.16. The first-order valence-electron chi connectivity index (χ1n) is 6.19. The first-order valence-corrected chi connectivity index (χ1v) is 6.19. The van der Waals surface area contributed by atoms with Crippen molar-refractivity contribution in [3.63, 3.8) is 0 Å². The van der Waals surface area contributed by atoms with Crippen LogP contribution in [-0.4, -0.2) is 29.2 Å². The van der Waals surface area contributed by atoms with Gasteiger partial charge in [0.1, 0.15) is 0 Å². The summed E-state index contributed by atoms with van der Waals surface area (Å²) in [6.07, 6.45) is 3.95. The molecule has 0 aromatic heterocycles. The summed E-state index contributed by atoms with van der Waals surface area (Å²) >= 11 is 0. The third kappa shape index (κ3) is 3.76. The molecule has 1 rings (SSSR count). The van der Waals surface area contributed by atoms with Crippen LogP contribution in [0.1, 0.15) is 46.0 Å². The minimum Gasteiger partial charge on any atom is -0.393 e. The molecule has 1 aliphatic rings. The minimum absolute atomic E-state index is 0.0558. The molecule has 0 aromatic carbocycles. The Labute approximate surface area is 97.6 Å². The molecular formula is C12H24N2O2. The van der Waals surface area contributed by atoms with Gasteiger partial charge in [-0.2, -0.15) is 0 Å². The van der Waals surface area contributed by atoms with Crippen LogP contribution in [0.3, 0.4) is 0 Å². The van der Waals surface area contributed by atoms with E-state index in [9.17, 15) is 4.79 Å². The Morgan fingerprint density at radius 2 is 2.38 bits per heavy atom. The fraction of sp³-hybridized carbons (Fsp3) is 0.917. The largest absolute Gasteiger partial charge is 0.393 e. The van der Waals surface area contributed by atoms with Crippen molar-refractivity contribution in [3.05, 3.63) is 0 Å². The highest BCUT2D eigenvalue weighted by Gasteiger charge is 2.37. The second-order valence-corrected chi connectivity index (χ2v) is 5.25. The number of nitrogens with one attached hydrogen (secondary N) is 1. The molecule has 0 aliphatic heterocycles.